The lowest BCUT2D eigenvalue weighted by Crippen LogP contribution is -1.94. The summed E-state index contributed by atoms with van der Waals surface area (Å²) in [5, 5.41) is 0. The highest BCUT2D eigenvalue weighted by atomic mass is 19.2. The highest BCUT2D eigenvalue weighted by Gasteiger charge is 2.10. The first-order valence-corrected chi connectivity index (χ1v) is 3.62. The van der Waals surface area contributed by atoms with Gasteiger partial charge in [0.2, 0.25) is 0 Å². The van der Waals surface area contributed by atoms with Gasteiger partial charge < -0.3 is 0 Å². The Morgan fingerprint density at radius 3 is 2.25 bits per heavy atom. The zero-order valence-electron chi connectivity index (χ0n) is 6.87. The van der Waals surface area contributed by atoms with Gasteiger partial charge in [0.05, 0.1) is 0 Å². The second kappa shape index (κ2) is 3.17. The molecule has 1 unspecified atom stereocenters. The number of alkyl halides is 1. The zero-order valence-corrected chi connectivity index (χ0v) is 6.87. The first-order chi connectivity index (χ1) is 5.52. The molecule has 0 aromatic heterocycles. The molecular weight excluding hydrogens is 165 g/mol. The van der Waals surface area contributed by atoms with Gasteiger partial charge in [-0.25, -0.2) is 13.2 Å². The van der Waals surface area contributed by atoms with E-state index in [4.69, 9.17) is 0 Å². The van der Waals surface area contributed by atoms with E-state index >= 15 is 0 Å². The summed E-state index contributed by atoms with van der Waals surface area (Å²) in [6, 6.07) is 2.19. The van der Waals surface area contributed by atoms with Gasteiger partial charge in [-0.2, -0.15) is 0 Å². The van der Waals surface area contributed by atoms with Gasteiger partial charge in [0.25, 0.3) is 0 Å². The first-order valence-electron chi connectivity index (χ1n) is 3.62. The number of hydrogen-bond donors (Lipinski definition) is 0. The normalized spacial score (nSPS) is 13.1. The summed E-state index contributed by atoms with van der Waals surface area (Å²) in [7, 11) is 0. The Balaban J connectivity index is 3.21. The standard InChI is InChI=1S/C9H9F3/c1-5-3-7(6(2)10)4-8(11)9(5)12/h3-4,6H,1-2H3. The van der Waals surface area contributed by atoms with Crippen LogP contribution in [0.3, 0.4) is 0 Å². The number of benzene rings is 1. The molecule has 0 fully saturated rings. The topological polar surface area (TPSA) is 0 Å². The summed E-state index contributed by atoms with van der Waals surface area (Å²) in [4.78, 5) is 0. The number of halogens is 3. The van der Waals surface area contributed by atoms with Crippen molar-refractivity contribution in [1.82, 2.24) is 0 Å². The second-order valence-electron chi connectivity index (χ2n) is 2.75. The van der Waals surface area contributed by atoms with Crippen LogP contribution in [0, 0.1) is 18.6 Å². The van der Waals surface area contributed by atoms with E-state index in [0.717, 1.165) is 6.07 Å². The summed E-state index contributed by atoms with van der Waals surface area (Å²) in [5.41, 5.74) is 0.306. The first kappa shape index (κ1) is 9.10. The maximum absolute atomic E-state index is 12.7. The van der Waals surface area contributed by atoms with Crippen molar-refractivity contribution in [3.8, 4) is 0 Å². The van der Waals surface area contributed by atoms with Crippen LogP contribution in [0.4, 0.5) is 13.2 Å². The molecule has 1 rings (SSSR count). The molecule has 1 aromatic carbocycles. The van der Waals surface area contributed by atoms with Crippen LogP contribution in [0.2, 0.25) is 0 Å². The van der Waals surface area contributed by atoms with E-state index < -0.39 is 17.8 Å². The molecule has 0 saturated heterocycles. The quantitative estimate of drug-likeness (QED) is 0.612. The van der Waals surface area contributed by atoms with E-state index in [-0.39, 0.29) is 11.1 Å². The van der Waals surface area contributed by atoms with Gasteiger partial charge in [0.1, 0.15) is 6.17 Å². The minimum Gasteiger partial charge on any atom is -0.243 e. The van der Waals surface area contributed by atoms with Crippen LogP contribution < -0.4 is 0 Å². The maximum Gasteiger partial charge on any atom is 0.161 e. The van der Waals surface area contributed by atoms with Crippen LogP contribution in [0.5, 0.6) is 0 Å². The van der Waals surface area contributed by atoms with E-state index in [9.17, 15) is 13.2 Å². The van der Waals surface area contributed by atoms with Crippen molar-refractivity contribution in [3.63, 3.8) is 0 Å². The van der Waals surface area contributed by atoms with Crippen LogP contribution in [0.1, 0.15) is 24.2 Å². The van der Waals surface area contributed by atoms with Gasteiger partial charge in [0.15, 0.2) is 11.6 Å². The average Bonchev–Trinajstić information content (AvgIpc) is 1.99. The van der Waals surface area contributed by atoms with Crippen molar-refractivity contribution in [1.29, 1.82) is 0 Å². The molecule has 0 spiro atoms. The van der Waals surface area contributed by atoms with Crippen molar-refractivity contribution >= 4 is 0 Å². The van der Waals surface area contributed by atoms with Crippen molar-refractivity contribution in [2.24, 2.45) is 0 Å². The monoisotopic (exact) mass is 174 g/mol. The van der Waals surface area contributed by atoms with Gasteiger partial charge in [0, 0.05) is 0 Å². The van der Waals surface area contributed by atoms with Gasteiger partial charge in [-0.1, -0.05) is 6.07 Å². The maximum atomic E-state index is 12.7. The highest BCUT2D eigenvalue weighted by Crippen LogP contribution is 2.21. The summed E-state index contributed by atoms with van der Waals surface area (Å²) in [5.74, 6) is -1.89. The lowest BCUT2D eigenvalue weighted by molar-refractivity contribution is 0.371. The Morgan fingerprint density at radius 1 is 1.25 bits per heavy atom. The van der Waals surface area contributed by atoms with Crippen LogP contribution in [-0.2, 0) is 0 Å². The largest absolute Gasteiger partial charge is 0.243 e. The van der Waals surface area contributed by atoms with Crippen molar-refractivity contribution in [3.05, 3.63) is 34.9 Å². The molecule has 0 amide bonds. The van der Waals surface area contributed by atoms with E-state index in [2.05, 4.69) is 0 Å². The Kier molecular flexibility index (Phi) is 2.40. The third-order valence-electron chi connectivity index (χ3n) is 1.69. The van der Waals surface area contributed by atoms with Crippen molar-refractivity contribution in [2.75, 3.05) is 0 Å². The molecule has 0 heterocycles. The molecule has 1 aromatic rings. The van der Waals surface area contributed by atoms with Gasteiger partial charge in [-0.15, -0.1) is 0 Å². The third-order valence-corrected chi connectivity index (χ3v) is 1.69. The average molecular weight is 174 g/mol. The molecule has 12 heavy (non-hydrogen) atoms. The predicted molar refractivity (Wildman–Crippen MR) is 40.6 cm³/mol. The summed E-state index contributed by atoms with van der Waals surface area (Å²) >= 11 is 0. The van der Waals surface area contributed by atoms with E-state index in [0.29, 0.717) is 0 Å². The van der Waals surface area contributed by atoms with Crippen LogP contribution in [0.25, 0.3) is 0 Å². The molecule has 0 aliphatic rings. The molecular formula is C9H9F3. The Hall–Kier alpha value is -0.990. The summed E-state index contributed by atoms with van der Waals surface area (Å²) in [6.45, 7) is 2.69. The molecule has 0 N–H and O–H groups in total. The lowest BCUT2D eigenvalue weighted by Gasteiger charge is -2.04. The molecule has 3 heteroatoms. The number of hydrogen-bond acceptors (Lipinski definition) is 0. The fraction of sp³-hybridized carbons (Fsp3) is 0.333. The molecule has 0 radical (unpaired) electrons. The number of rotatable bonds is 1. The second-order valence-corrected chi connectivity index (χ2v) is 2.75. The Morgan fingerprint density at radius 2 is 1.83 bits per heavy atom. The Bertz CT molecular complexity index is 269. The molecule has 0 bridgehead atoms. The minimum absolute atomic E-state index is 0.134. The van der Waals surface area contributed by atoms with Crippen LogP contribution in [-0.4, -0.2) is 0 Å². The summed E-state index contributed by atoms with van der Waals surface area (Å²) in [6.07, 6.45) is -1.26. The predicted octanol–water partition coefficient (Wildman–Crippen LogP) is 3.30. The van der Waals surface area contributed by atoms with E-state index in [1.54, 1.807) is 0 Å². The molecule has 66 valence electrons. The van der Waals surface area contributed by atoms with E-state index in [1.807, 2.05) is 0 Å². The molecule has 1 atom stereocenters. The van der Waals surface area contributed by atoms with Crippen molar-refractivity contribution in [2.45, 2.75) is 20.0 Å². The summed E-state index contributed by atoms with van der Waals surface area (Å²) < 4.78 is 38.0. The van der Waals surface area contributed by atoms with Gasteiger partial charge >= 0.3 is 0 Å². The fourth-order valence-corrected chi connectivity index (χ4v) is 0.983. The third kappa shape index (κ3) is 1.60. The van der Waals surface area contributed by atoms with E-state index in [1.165, 1.54) is 19.9 Å². The fourth-order valence-electron chi connectivity index (χ4n) is 0.983. The molecule has 0 saturated carbocycles. The van der Waals surface area contributed by atoms with Gasteiger partial charge in [-0.3, -0.25) is 0 Å². The molecule has 0 aliphatic heterocycles. The minimum atomic E-state index is -1.26. The van der Waals surface area contributed by atoms with Gasteiger partial charge in [-0.05, 0) is 31.0 Å². The van der Waals surface area contributed by atoms with Crippen molar-refractivity contribution < 1.29 is 13.2 Å². The van der Waals surface area contributed by atoms with Crippen LogP contribution >= 0.6 is 0 Å². The zero-order chi connectivity index (χ0) is 9.30. The number of aryl methyl sites for hydroxylation is 1. The Labute approximate surface area is 69.0 Å². The smallest absolute Gasteiger partial charge is 0.161 e. The van der Waals surface area contributed by atoms with Crippen LogP contribution in [0.15, 0.2) is 12.1 Å². The lowest BCUT2D eigenvalue weighted by atomic mass is 10.1. The molecule has 0 nitrogen and oxygen atoms in total. The SMILES string of the molecule is Cc1cc(C(C)F)cc(F)c1F. The highest BCUT2D eigenvalue weighted by molar-refractivity contribution is 5.26. The molecule has 0 aliphatic carbocycles.